The minimum atomic E-state index is -0.637. The highest BCUT2D eigenvalue weighted by Gasteiger charge is 2.21. The van der Waals surface area contributed by atoms with Crippen molar-refractivity contribution in [1.29, 1.82) is 0 Å². The maximum Gasteiger partial charge on any atom is 0.350 e. The number of aromatic nitrogens is 4. The number of halogens is 2. The first-order valence-corrected chi connectivity index (χ1v) is 8.65. The van der Waals surface area contributed by atoms with Crippen molar-refractivity contribution in [1.82, 2.24) is 19.6 Å². The molecule has 0 aliphatic heterocycles. The summed E-state index contributed by atoms with van der Waals surface area (Å²) in [6.45, 7) is 0.0876. The van der Waals surface area contributed by atoms with Gasteiger partial charge in [0.1, 0.15) is 12.7 Å². The quantitative estimate of drug-likeness (QED) is 0.460. The minimum Gasteiger partial charge on any atom is -0.475 e. The third-order valence-corrected chi connectivity index (χ3v) is 4.40. The number of amides is 1. The highest BCUT2D eigenvalue weighted by Crippen LogP contribution is 2.25. The first-order chi connectivity index (χ1) is 13.4. The van der Waals surface area contributed by atoms with Crippen molar-refractivity contribution in [2.45, 2.75) is 13.1 Å². The number of carbonyl (C=O) groups is 1. The molecule has 0 saturated carbocycles. The monoisotopic (exact) mass is 424 g/mol. The van der Waals surface area contributed by atoms with Gasteiger partial charge in [-0.2, -0.15) is 5.10 Å². The second kappa shape index (κ2) is 8.28. The van der Waals surface area contributed by atoms with Crippen LogP contribution in [0.4, 0.5) is 11.5 Å². The molecule has 0 saturated heterocycles. The smallest absolute Gasteiger partial charge is 0.350 e. The van der Waals surface area contributed by atoms with Crippen LogP contribution in [0, 0.1) is 10.1 Å². The number of anilines is 1. The van der Waals surface area contributed by atoms with E-state index < -0.39 is 10.8 Å². The molecule has 1 N–H and O–H groups in total. The Bertz CT molecular complexity index is 1010. The Morgan fingerprint density at radius 2 is 1.96 bits per heavy atom. The van der Waals surface area contributed by atoms with Crippen LogP contribution in [-0.2, 0) is 17.9 Å². The van der Waals surface area contributed by atoms with Gasteiger partial charge in [-0.1, -0.05) is 29.3 Å². The van der Waals surface area contributed by atoms with Crippen molar-refractivity contribution >= 4 is 40.6 Å². The van der Waals surface area contributed by atoms with Gasteiger partial charge in [0.25, 0.3) is 0 Å². The van der Waals surface area contributed by atoms with Crippen molar-refractivity contribution in [2.24, 2.45) is 0 Å². The van der Waals surface area contributed by atoms with Crippen molar-refractivity contribution in [3.8, 4) is 5.88 Å². The molecule has 0 aliphatic carbocycles. The predicted molar refractivity (Wildman–Crippen MR) is 102 cm³/mol. The Labute approximate surface area is 168 Å². The van der Waals surface area contributed by atoms with E-state index in [4.69, 9.17) is 27.9 Å². The van der Waals surface area contributed by atoms with E-state index in [0.29, 0.717) is 28.0 Å². The molecule has 3 aromatic rings. The Morgan fingerprint density at radius 3 is 2.57 bits per heavy atom. The molecule has 2 heterocycles. The van der Waals surface area contributed by atoms with Crippen LogP contribution in [0.25, 0.3) is 0 Å². The fraction of sp³-hybridized carbons (Fsp3) is 0.188. The van der Waals surface area contributed by atoms with Crippen LogP contribution in [-0.4, -0.2) is 37.5 Å². The molecule has 0 aliphatic rings. The lowest BCUT2D eigenvalue weighted by atomic mass is 10.2. The third-order valence-electron chi connectivity index (χ3n) is 3.70. The van der Waals surface area contributed by atoms with Crippen molar-refractivity contribution in [2.75, 3.05) is 12.4 Å². The molecule has 28 heavy (non-hydrogen) atoms. The van der Waals surface area contributed by atoms with E-state index in [0.717, 1.165) is 10.9 Å². The normalized spacial score (nSPS) is 10.7. The fourth-order valence-electron chi connectivity index (χ4n) is 2.44. The maximum absolute atomic E-state index is 12.2. The van der Waals surface area contributed by atoms with E-state index in [-0.39, 0.29) is 18.1 Å². The zero-order chi connectivity index (χ0) is 20.3. The van der Waals surface area contributed by atoms with E-state index in [1.54, 1.807) is 35.1 Å². The average molecular weight is 425 g/mol. The van der Waals surface area contributed by atoms with E-state index in [1.807, 2.05) is 0 Å². The van der Waals surface area contributed by atoms with Crippen LogP contribution in [0.3, 0.4) is 0 Å². The van der Waals surface area contributed by atoms with Gasteiger partial charge in [0.15, 0.2) is 5.82 Å². The molecule has 146 valence electrons. The molecular weight excluding hydrogens is 411 g/mol. The SMILES string of the molecule is COc1nn(CC(=O)Nc2ccn(Cc3c(Cl)cccc3Cl)n2)cc1[N+](=O)[O-]. The summed E-state index contributed by atoms with van der Waals surface area (Å²) in [4.78, 5) is 22.4. The molecule has 12 heteroatoms. The highest BCUT2D eigenvalue weighted by molar-refractivity contribution is 6.35. The largest absolute Gasteiger partial charge is 0.475 e. The number of hydrogen-bond acceptors (Lipinski definition) is 6. The van der Waals surface area contributed by atoms with E-state index in [9.17, 15) is 14.9 Å². The molecule has 0 spiro atoms. The molecule has 1 aromatic carbocycles. The zero-order valence-electron chi connectivity index (χ0n) is 14.5. The van der Waals surface area contributed by atoms with Gasteiger partial charge in [0.05, 0.1) is 18.6 Å². The van der Waals surface area contributed by atoms with Gasteiger partial charge in [-0.3, -0.25) is 24.3 Å². The molecule has 0 unspecified atom stereocenters. The van der Waals surface area contributed by atoms with Crippen LogP contribution in [0.15, 0.2) is 36.7 Å². The summed E-state index contributed by atoms with van der Waals surface area (Å²) in [5.74, 6) is -0.318. The van der Waals surface area contributed by atoms with Gasteiger partial charge >= 0.3 is 11.6 Å². The second-order valence-electron chi connectivity index (χ2n) is 5.63. The highest BCUT2D eigenvalue weighted by atomic mass is 35.5. The van der Waals surface area contributed by atoms with Gasteiger partial charge < -0.3 is 10.1 Å². The molecular formula is C16H14Cl2N6O4. The molecule has 0 atom stereocenters. The predicted octanol–water partition coefficient (Wildman–Crippen LogP) is 2.99. The summed E-state index contributed by atoms with van der Waals surface area (Å²) in [5, 5.41) is 22.6. The summed E-state index contributed by atoms with van der Waals surface area (Å²) in [7, 11) is 1.26. The van der Waals surface area contributed by atoms with Gasteiger partial charge in [-0.05, 0) is 12.1 Å². The first-order valence-electron chi connectivity index (χ1n) is 7.89. The summed E-state index contributed by atoms with van der Waals surface area (Å²) in [6, 6.07) is 6.81. The Hall–Kier alpha value is -3.11. The van der Waals surface area contributed by atoms with E-state index in [1.165, 1.54) is 7.11 Å². The number of rotatable bonds is 7. The summed E-state index contributed by atoms with van der Waals surface area (Å²) in [6.07, 6.45) is 2.79. The van der Waals surface area contributed by atoms with Gasteiger partial charge in [0.2, 0.25) is 5.91 Å². The minimum absolute atomic E-state index is 0.168. The van der Waals surface area contributed by atoms with Crippen LogP contribution in [0.2, 0.25) is 10.0 Å². The molecule has 10 nitrogen and oxygen atoms in total. The van der Waals surface area contributed by atoms with Crippen molar-refractivity contribution < 1.29 is 14.5 Å². The number of methoxy groups -OCH3 is 1. The number of benzene rings is 1. The first kappa shape index (κ1) is 19.6. The molecule has 2 aromatic heterocycles. The standard InChI is InChI=1S/C16H14Cl2N6O4/c1-28-16-13(24(26)27)8-23(21-16)9-15(25)19-14-5-6-22(20-14)7-10-11(17)3-2-4-12(10)18/h2-6,8H,7,9H2,1H3,(H,19,20,25). The van der Waals surface area contributed by atoms with Crippen LogP contribution in [0.1, 0.15) is 5.56 Å². The summed E-state index contributed by atoms with van der Waals surface area (Å²) in [5.41, 5.74) is 0.388. The Balaban J connectivity index is 1.65. The lowest BCUT2D eigenvalue weighted by Crippen LogP contribution is -2.19. The molecule has 0 radical (unpaired) electrons. The number of nitro groups is 1. The third kappa shape index (κ3) is 4.41. The average Bonchev–Trinajstić information content (AvgIpc) is 3.25. The summed E-state index contributed by atoms with van der Waals surface area (Å²) < 4.78 is 7.52. The van der Waals surface area contributed by atoms with Gasteiger partial charge in [0, 0.05) is 27.9 Å². The van der Waals surface area contributed by atoms with Gasteiger partial charge in [-0.25, -0.2) is 0 Å². The van der Waals surface area contributed by atoms with Crippen LogP contribution in [0.5, 0.6) is 5.88 Å². The molecule has 0 fully saturated rings. The number of hydrogen-bond donors (Lipinski definition) is 1. The summed E-state index contributed by atoms with van der Waals surface area (Å²) >= 11 is 12.3. The number of nitrogens with one attached hydrogen (secondary N) is 1. The maximum atomic E-state index is 12.2. The van der Waals surface area contributed by atoms with Crippen molar-refractivity contribution in [3.05, 3.63) is 62.4 Å². The Kier molecular flexibility index (Phi) is 5.81. The second-order valence-corrected chi connectivity index (χ2v) is 6.44. The number of carbonyl (C=O) groups excluding carboxylic acids is 1. The van der Waals surface area contributed by atoms with E-state index in [2.05, 4.69) is 15.5 Å². The van der Waals surface area contributed by atoms with Gasteiger partial charge in [-0.15, -0.1) is 5.10 Å². The lowest BCUT2D eigenvalue weighted by Gasteiger charge is -2.07. The number of ether oxygens (including phenoxy) is 1. The molecule has 3 rings (SSSR count). The zero-order valence-corrected chi connectivity index (χ0v) is 16.0. The Morgan fingerprint density at radius 1 is 1.25 bits per heavy atom. The number of nitrogens with zero attached hydrogens (tertiary/aromatic N) is 5. The lowest BCUT2D eigenvalue weighted by molar-refractivity contribution is -0.385. The topological polar surface area (TPSA) is 117 Å². The van der Waals surface area contributed by atoms with Crippen LogP contribution >= 0.6 is 23.2 Å². The molecule has 0 bridgehead atoms. The van der Waals surface area contributed by atoms with Crippen molar-refractivity contribution in [3.63, 3.8) is 0 Å². The van der Waals surface area contributed by atoms with E-state index >= 15 is 0 Å². The molecule has 1 amide bonds. The van der Waals surface area contributed by atoms with Crippen LogP contribution < -0.4 is 10.1 Å². The fourth-order valence-corrected chi connectivity index (χ4v) is 2.95.